The van der Waals surface area contributed by atoms with Gasteiger partial charge in [-0.15, -0.1) is 23.1 Å². The van der Waals surface area contributed by atoms with Crippen molar-refractivity contribution in [1.29, 1.82) is 0 Å². The summed E-state index contributed by atoms with van der Waals surface area (Å²) in [5.74, 6) is -1.89. The minimum Gasteiger partial charge on any atom is -0.465 e. The molecule has 1 aliphatic heterocycles. The Morgan fingerprint density at radius 3 is 2.45 bits per heavy atom. The van der Waals surface area contributed by atoms with E-state index in [9.17, 15) is 24.0 Å². The normalized spacial score (nSPS) is 13.4. The van der Waals surface area contributed by atoms with Gasteiger partial charge in [0.1, 0.15) is 16.3 Å². The zero-order valence-electron chi connectivity index (χ0n) is 31.0. The smallest absolute Gasteiger partial charge is 0.410 e. The van der Waals surface area contributed by atoms with Gasteiger partial charge in [-0.1, -0.05) is 42.5 Å². The van der Waals surface area contributed by atoms with Crippen LogP contribution in [0.2, 0.25) is 0 Å². The van der Waals surface area contributed by atoms with Gasteiger partial charge >= 0.3 is 12.1 Å². The van der Waals surface area contributed by atoms with Crippen LogP contribution in [-0.4, -0.2) is 64.2 Å². The summed E-state index contributed by atoms with van der Waals surface area (Å²) in [6.07, 6.45) is 3.36. The summed E-state index contributed by atoms with van der Waals surface area (Å²) in [6, 6.07) is 23.3. The number of aromatic amines is 1. The topological polar surface area (TPSA) is 159 Å². The van der Waals surface area contributed by atoms with Crippen LogP contribution >= 0.6 is 23.1 Å². The van der Waals surface area contributed by atoms with Crippen molar-refractivity contribution in [2.45, 2.75) is 56.4 Å². The average molecular weight is 780 g/mol. The van der Waals surface area contributed by atoms with Crippen molar-refractivity contribution in [2.75, 3.05) is 24.3 Å². The number of nitrogens with one attached hydrogen (secondary N) is 4. The average Bonchev–Trinajstić information content (AvgIpc) is 3.74. The molecule has 4 N–H and O–H groups in total. The predicted molar refractivity (Wildman–Crippen MR) is 215 cm³/mol. The van der Waals surface area contributed by atoms with Gasteiger partial charge in [-0.3, -0.25) is 14.4 Å². The number of fused-ring (bicyclic) bond motifs is 2. The van der Waals surface area contributed by atoms with Gasteiger partial charge in [-0.25, -0.2) is 9.59 Å². The lowest BCUT2D eigenvalue weighted by molar-refractivity contribution is -0.115. The van der Waals surface area contributed by atoms with Crippen LogP contribution in [0.4, 0.5) is 15.5 Å². The number of thiophene rings is 1. The molecular weight excluding hydrogens is 739 g/mol. The fraction of sp³-hybridized carbons (Fsp3) is 0.244. The number of hydrogen-bond donors (Lipinski definition) is 4. The second-order valence-corrected chi connectivity index (χ2v) is 16.3. The van der Waals surface area contributed by atoms with Crippen molar-refractivity contribution in [3.63, 3.8) is 0 Å². The predicted octanol–water partition coefficient (Wildman–Crippen LogP) is 7.84. The highest BCUT2D eigenvalue weighted by molar-refractivity contribution is 8.00. The number of methoxy groups -OCH3 is 1. The molecule has 4 amide bonds. The Hall–Kier alpha value is -5.86. The highest BCUT2D eigenvalue weighted by Crippen LogP contribution is 2.39. The third kappa shape index (κ3) is 9.45. The van der Waals surface area contributed by atoms with Gasteiger partial charge in [-0.05, 0) is 82.2 Å². The number of rotatable bonds is 10. The molecule has 2 aromatic heterocycles. The lowest BCUT2D eigenvalue weighted by atomic mass is 10.0. The number of anilines is 2. The van der Waals surface area contributed by atoms with Crippen LogP contribution in [-0.2, 0) is 32.0 Å². The maximum Gasteiger partial charge on any atom is 0.410 e. The number of carbonyl (C=O) groups is 5. The lowest BCUT2D eigenvalue weighted by Crippen LogP contribution is -2.39. The zero-order chi connectivity index (χ0) is 39.3. The maximum atomic E-state index is 13.8. The van der Waals surface area contributed by atoms with Crippen LogP contribution in [0.15, 0.2) is 95.7 Å². The summed E-state index contributed by atoms with van der Waals surface area (Å²) < 4.78 is 10.6. The second kappa shape index (κ2) is 16.7. The number of esters is 1. The van der Waals surface area contributed by atoms with Gasteiger partial charge < -0.3 is 35.3 Å². The number of aromatic nitrogens is 1. The standard InChI is InChI=1S/C41H41N5O7S2/c1-24(35(47)45-38-34(39(50)52-5)30-18-19-46(23-33(30)55-38)40(51)53-41(2,3)4)54-28-15-11-14-27(21-28)43-37(49)32(44-36(48)25-12-7-6-8-13-25)20-26-22-42-31-17-10-9-16-29(26)31/h6-17,20-22,24,42H,18-19,23H2,1-5H3,(H,43,49)(H,44,48)(H,45,47)/b32-20-. The fourth-order valence-electron chi connectivity index (χ4n) is 5.92. The summed E-state index contributed by atoms with van der Waals surface area (Å²) in [6.45, 7) is 7.74. The van der Waals surface area contributed by atoms with Crippen LogP contribution in [0.1, 0.15) is 64.4 Å². The van der Waals surface area contributed by atoms with E-state index in [4.69, 9.17) is 9.47 Å². The molecule has 55 heavy (non-hydrogen) atoms. The van der Waals surface area contributed by atoms with E-state index >= 15 is 0 Å². The van der Waals surface area contributed by atoms with Gasteiger partial charge in [0, 0.05) is 50.2 Å². The number of benzene rings is 3. The maximum absolute atomic E-state index is 13.8. The highest BCUT2D eigenvalue weighted by atomic mass is 32.2. The third-order valence-electron chi connectivity index (χ3n) is 8.56. The Bertz CT molecular complexity index is 2290. The second-order valence-electron chi connectivity index (χ2n) is 13.8. The lowest BCUT2D eigenvalue weighted by Gasteiger charge is -2.30. The summed E-state index contributed by atoms with van der Waals surface area (Å²) >= 11 is 2.50. The molecule has 1 atom stereocenters. The molecule has 0 fully saturated rings. The molecular formula is C41H41N5O7S2. The fourth-order valence-corrected chi connectivity index (χ4v) is 8.10. The first kappa shape index (κ1) is 38.9. The van der Waals surface area contributed by atoms with Gasteiger partial charge in [0.25, 0.3) is 11.8 Å². The van der Waals surface area contributed by atoms with Gasteiger partial charge in [0.15, 0.2) is 0 Å². The Morgan fingerprint density at radius 1 is 0.964 bits per heavy atom. The summed E-state index contributed by atoms with van der Waals surface area (Å²) in [7, 11) is 1.29. The van der Waals surface area contributed by atoms with E-state index in [1.165, 1.54) is 30.2 Å². The SMILES string of the molecule is COC(=O)c1c(NC(=O)C(C)Sc2cccc(NC(=O)/C(=C/c3c[nH]c4ccccc34)NC(=O)c3ccccc3)c2)sc2c1CCN(C(=O)OC(C)(C)C)C2. The molecule has 0 radical (unpaired) electrons. The molecule has 0 spiro atoms. The molecule has 12 nitrogen and oxygen atoms in total. The number of thioether (sulfide) groups is 1. The molecule has 14 heteroatoms. The number of ether oxygens (including phenoxy) is 2. The number of nitrogens with zero attached hydrogens (tertiary/aromatic N) is 1. The molecule has 0 saturated carbocycles. The minimum absolute atomic E-state index is 0.0404. The molecule has 1 unspecified atom stereocenters. The molecule has 5 aromatic rings. The third-order valence-corrected chi connectivity index (χ3v) is 10.8. The zero-order valence-corrected chi connectivity index (χ0v) is 32.6. The van der Waals surface area contributed by atoms with Crippen LogP contribution in [0, 0.1) is 0 Å². The highest BCUT2D eigenvalue weighted by Gasteiger charge is 2.33. The number of amides is 4. The summed E-state index contributed by atoms with van der Waals surface area (Å²) in [5, 5.41) is 9.20. The van der Waals surface area contributed by atoms with E-state index < -0.39 is 34.7 Å². The quantitative estimate of drug-likeness (QED) is 0.0634. The van der Waals surface area contributed by atoms with Crippen molar-refractivity contribution >= 4 is 80.6 Å². The number of para-hydroxylation sites is 1. The number of carbonyl (C=O) groups excluding carboxylic acids is 5. The van der Waals surface area contributed by atoms with Crippen LogP contribution in [0.5, 0.6) is 0 Å². The van der Waals surface area contributed by atoms with E-state index in [1.54, 1.807) is 93.4 Å². The molecule has 3 heterocycles. The molecule has 0 saturated heterocycles. The summed E-state index contributed by atoms with van der Waals surface area (Å²) in [5.41, 5.74) is 2.88. The molecule has 6 rings (SSSR count). The van der Waals surface area contributed by atoms with Crippen molar-refractivity contribution in [3.05, 3.63) is 118 Å². The van der Waals surface area contributed by atoms with Crippen molar-refractivity contribution < 1.29 is 33.4 Å². The van der Waals surface area contributed by atoms with E-state index in [0.29, 0.717) is 34.1 Å². The first-order chi connectivity index (χ1) is 26.3. The first-order valence-electron chi connectivity index (χ1n) is 17.5. The van der Waals surface area contributed by atoms with Gasteiger partial charge in [0.05, 0.1) is 24.5 Å². The molecule has 0 aliphatic carbocycles. The number of hydrogen-bond acceptors (Lipinski definition) is 9. The van der Waals surface area contributed by atoms with Gasteiger partial charge in [0.2, 0.25) is 5.91 Å². The van der Waals surface area contributed by atoms with Crippen molar-refractivity contribution in [1.82, 2.24) is 15.2 Å². The Labute approximate surface area is 326 Å². The minimum atomic E-state index is -0.652. The van der Waals surface area contributed by atoms with E-state index in [2.05, 4.69) is 20.9 Å². The Balaban J connectivity index is 1.16. The molecule has 3 aromatic carbocycles. The van der Waals surface area contributed by atoms with Crippen LogP contribution in [0.3, 0.4) is 0 Å². The van der Waals surface area contributed by atoms with E-state index in [0.717, 1.165) is 26.9 Å². The van der Waals surface area contributed by atoms with Crippen molar-refractivity contribution in [2.24, 2.45) is 0 Å². The molecule has 284 valence electrons. The first-order valence-corrected chi connectivity index (χ1v) is 19.2. The molecule has 1 aliphatic rings. The largest absolute Gasteiger partial charge is 0.465 e. The summed E-state index contributed by atoms with van der Waals surface area (Å²) in [4.78, 5) is 72.4. The molecule has 0 bridgehead atoms. The van der Waals surface area contributed by atoms with Crippen LogP contribution < -0.4 is 16.0 Å². The monoisotopic (exact) mass is 779 g/mol. The Kier molecular flexibility index (Phi) is 11.8. The van der Waals surface area contributed by atoms with E-state index in [1.807, 2.05) is 30.3 Å². The number of H-pyrrole nitrogens is 1. The van der Waals surface area contributed by atoms with Crippen molar-refractivity contribution in [3.8, 4) is 0 Å². The van der Waals surface area contributed by atoms with Gasteiger partial charge in [-0.2, -0.15) is 0 Å². The van der Waals surface area contributed by atoms with E-state index in [-0.39, 0.29) is 23.7 Å². The van der Waals surface area contributed by atoms with Crippen LogP contribution in [0.25, 0.3) is 17.0 Å². The Morgan fingerprint density at radius 2 is 1.71 bits per heavy atom.